The number of ketones is 1. The summed E-state index contributed by atoms with van der Waals surface area (Å²) in [5.41, 5.74) is 6.79. The van der Waals surface area contributed by atoms with Gasteiger partial charge in [-0.15, -0.1) is 0 Å². The van der Waals surface area contributed by atoms with Gasteiger partial charge in [0.25, 0.3) is 0 Å². The number of nitrogens with two attached hydrogens (primary N) is 1. The zero-order chi connectivity index (χ0) is 21.8. The van der Waals surface area contributed by atoms with Crippen molar-refractivity contribution in [1.29, 1.82) is 5.26 Å². The van der Waals surface area contributed by atoms with Gasteiger partial charge in [0.1, 0.15) is 28.6 Å². The quantitative estimate of drug-likeness (QED) is 0.782. The van der Waals surface area contributed by atoms with Crippen LogP contribution in [0.4, 0.5) is 5.69 Å². The predicted molar refractivity (Wildman–Crippen MR) is 112 cm³/mol. The molecule has 7 nitrogen and oxygen atoms in total. The molecule has 2 aromatic rings. The van der Waals surface area contributed by atoms with Crippen LogP contribution in [0.3, 0.4) is 0 Å². The topological polar surface area (TPSA) is 114 Å². The average Bonchev–Trinajstić information content (AvgIpc) is 3.06. The number of rotatable bonds is 2. The molecule has 2 atom stereocenters. The van der Waals surface area contributed by atoms with Gasteiger partial charge in [0.2, 0.25) is 11.8 Å². The number of benzene rings is 2. The third kappa shape index (κ3) is 2.51. The lowest BCUT2D eigenvalue weighted by Gasteiger charge is -2.38. The van der Waals surface area contributed by atoms with Crippen molar-refractivity contribution in [1.82, 2.24) is 0 Å². The molecule has 1 aliphatic carbocycles. The molecule has 1 amide bonds. The molecular weight excluding hydrogens is 394 g/mol. The van der Waals surface area contributed by atoms with E-state index in [1.165, 1.54) is 0 Å². The van der Waals surface area contributed by atoms with E-state index in [4.69, 9.17) is 15.2 Å². The molecule has 0 radical (unpaired) electrons. The second kappa shape index (κ2) is 6.74. The molecule has 0 saturated heterocycles. The molecule has 2 heterocycles. The van der Waals surface area contributed by atoms with Crippen molar-refractivity contribution >= 4 is 17.4 Å². The number of hydrogen-bond acceptors (Lipinski definition) is 6. The van der Waals surface area contributed by atoms with Gasteiger partial charge in [-0.1, -0.05) is 30.3 Å². The zero-order valence-electron chi connectivity index (χ0n) is 16.8. The molecule has 0 unspecified atom stereocenters. The fourth-order valence-corrected chi connectivity index (χ4v) is 4.89. The number of carbonyl (C=O) groups is 2. The van der Waals surface area contributed by atoms with Gasteiger partial charge in [-0.25, -0.2) is 0 Å². The van der Waals surface area contributed by atoms with E-state index in [0.29, 0.717) is 23.4 Å². The van der Waals surface area contributed by atoms with Crippen molar-refractivity contribution in [3.8, 4) is 11.8 Å². The first-order valence-electron chi connectivity index (χ1n) is 9.90. The van der Waals surface area contributed by atoms with E-state index < -0.39 is 11.3 Å². The first-order chi connectivity index (χ1) is 15.0. The molecule has 0 fully saturated rings. The third-order valence-corrected chi connectivity index (χ3v) is 6.27. The van der Waals surface area contributed by atoms with Gasteiger partial charge in [-0.2, -0.15) is 5.26 Å². The summed E-state index contributed by atoms with van der Waals surface area (Å²) < 4.78 is 11.0. The largest absolute Gasteiger partial charge is 0.497 e. The Morgan fingerprint density at radius 3 is 2.61 bits per heavy atom. The third-order valence-electron chi connectivity index (χ3n) is 6.27. The van der Waals surface area contributed by atoms with E-state index in [1.54, 1.807) is 31.4 Å². The van der Waals surface area contributed by atoms with E-state index >= 15 is 0 Å². The second-order valence-electron chi connectivity index (χ2n) is 7.80. The molecule has 2 aromatic carbocycles. The first-order valence-corrected chi connectivity index (χ1v) is 9.90. The highest BCUT2D eigenvalue weighted by Gasteiger charge is 2.60. The minimum absolute atomic E-state index is 0.0510. The Labute approximate surface area is 178 Å². The van der Waals surface area contributed by atoms with E-state index in [9.17, 15) is 14.9 Å². The number of nitriles is 1. The number of carbonyl (C=O) groups excluding carboxylic acids is 2. The number of ether oxygens (including phenoxy) is 2. The number of anilines is 1. The number of nitrogens with one attached hydrogen (secondary N) is 1. The predicted octanol–water partition coefficient (Wildman–Crippen LogP) is 3.01. The van der Waals surface area contributed by atoms with Crippen LogP contribution in [0.2, 0.25) is 0 Å². The van der Waals surface area contributed by atoms with Crippen LogP contribution in [0, 0.1) is 11.3 Å². The molecule has 5 rings (SSSR count). The van der Waals surface area contributed by atoms with Crippen molar-refractivity contribution in [2.45, 2.75) is 24.2 Å². The van der Waals surface area contributed by atoms with Gasteiger partial charge in [0.15, 0.2) is 5.78 Å². The first kappa shape index (κ1) is 18.9. The Hall–Kier alpha value is -4.05. The smallest absolute Gasteiger partial charge is 0.245 e. The summed E-state index contributed by atoms with van der Waals surface area (Å²) in [6.07, 6.45) is 0.592. The highest BCUT2D eigenvalue weighted by Crippen LogP contribution is 2.55. The average molecular weight is 413 g/mol. The van der Waals surface area contributed by atoms with Crippen molar-refractivity contribution in [2.24, 2.45) is 5.73 Å². The molecule has 3 N–H and O–H groups in total. The zero-order valence-corrected chi connectivity index (χ0v) is 16.8. The summed E-state index contributed by atoms with van der Waals surface area (Å²) in [6.45, 7) is 0. The summed E-state index contributed by atoms with van der Waals surface area (Å²) in [5.74, 6) is 0.111. The summed E-state index contributed by atoms with van der Waals surface area (Å²) in [7, 11) is 1.60. The fraction of sp³-hybridized carbons (Fsp3) is 0.208. The van der Waals surface area contributed by atoms with Crippen LogP contribution in [-0.4, -0.2) is 18.8 Å². The molecule has 0 saturated carbocycles. The van der Waals surface area contributed by atoms with Crippen LogP contribution in [0.5, 0.6) is 5.75 Å². The maximum Gasteiger partial charge on any atom is 0.245 e. The van der Waals surface area contributed by atoms with Gasteiger partial charge in [0, 0.05) is 24.1 Å². The number of Topliss-reactive ketones (excluding diaryl/α,β-unsaturated/α-hetero) is 1. The number of fused-ring (bicyclic) bond motifs is 3. The molecule has 0 aromatic heterocycles. The van der Waals surface area contributed by atoms with E-state index in [2.05, 4.69) is 5.32 Å². The molecular formula is C24H19N3O4. The number of allylic oxidation sites excluding steroid dienone is 1. The maximum atomic E-state index is 13.5. The molecule has 7 heteroatoms. The van der Waals surface area contributed by atoms with Crippen LogP contribution < -0.4 is 15.8 Å². The van der Waals surface area contributed by atoms with Crippen LogP contribution in [0.25, 0.3) is 0 Å². The Balaban J connectivity index is 1.67. The van der Waals surface area contributed by atoms with Crippen LogP contribution in [0.1, 0.15) is 29.9 Å². The normalized spacial score (nSPS) is 24.3. The number of nitrogens with zero attached hydrogens (tertiary/aromatic N) is 1. The van der Waals surface area contributed by atoms with E-state index in [0.717, 1.165) is 11.3 Å². The molecule has 1 spiro atoms. The van der Waals surface area contributed by atoms with Gasteiger partial charge in [-0.05, 0) is 29.7 Å². The van der Waals surface area contributed by atoms with E-state index in [-0.39, 0.29) is 35.2 Å². The summed E-state index contributed by atoms with van der Waals surface area (Å²) >= 11 is 0. The minimum atomic E-state index is -1.58. The molecule has 154 valence electrons. The van der Waals surface area contributed by atoms with Crippen LogP contribution >= 0.6 is 0 Å². The van der Waals surface area contributed by atoms with Gasteiger partial charge < -0.3 is 20.5 Å². The van der Waals surface area contributed by atoms with Gasteiger partial charge >= 0.3 is 0 Å². The second-order valence-corrected chi connectivity index (χ2v) is 7.80. The van der Waals surface area contributed by atoms with Gasteiger partial charge in [0.05, 0.1) is 12.7 Å². The lowest BCUT2D eigenvalue weighted by molar-refractivity contribution is -0.123. The van der Waals surface area contributed by atoms with Crippen LogP contribution in [0.15, 0.2) is 71.3 Å². The number of methoxy groups -OCH3 is 1. The SMILES string of the molecule is COc1ccc([C@@H]2CC(=O)C3=C(C2)OC(N)=C(C#N)[C@@]32C(=O)Nc3ccccc32)cc1. The molecule has 0 bridgehead atoms. The Kier molecular flexibility index (Phi) is 4.12. The lowest BCUT2D eigenvalue weighted by atomic mass is 9.63. The van der Waals surface area contributed by atoms with Crippen molar-refractivity contribution in [3.05, 3.63) is 82.4 Å². The molecule has 2 aliphatic heterocycles. The maximum absolute atomic E-state index is 13.5. The molecule has 31 heavy (non-hydrogen) atoms. The summed E-state index contributed by atoms with van der Waals surface area (Å²) in [6, 6.07) is 16.6. The van der Waals surface area contributed by atoms with Gasteiger partial charge in [-0.3, -0.25) is 9.59 Å². The van der Waals surface area contributed by atoms with E-state index in [1.807, 2.05) is 30.3 Å². The number of para-hydroxylation sites is 1. The Morgan fingerprint density at radius 1 is 1.16 bits per heavy atom. The summed E-state index contributed by atoms with van der Waals surface area (Å²) in [5, 5.41) is 12.7. The van der Waals surface area contributed by atoms with Crippen molar-refractivity contribution in [3.63, 3.8) is 0 Å². The highest BCUT2D eigenvalue weighted by molar-refractivity contribution is 6.19. The fourth-order valence-electron chi connectivity index (χ4n) is 4.89. The van der Waals surface area contributed by atoms with Crippen LogP contribution in [-0.2, 0) is 19.7 Å². The lowest BCUT2D eigenvalue weighted by Crippen LogP contribution is -2.47. The highest BCUT2D eigenvalue weighted by atomic mass is 16.5. The monoisotopic (exact) mass is 413 g/mol. The Morgan fingerprint density at radius 2 is 1.90 bits per heavy atom. The van der Waals surface area contributed by atoms with Crippen molar-refractivity contribution in [2.75, 3.05) is 12.4 Å². The number of hydrogen-bond donors (Lipinski definition) is 2. The molecule has 3 aliphatic rings. The van der Waals surface area contributed by atoms with Crippen molar-refractivity contribution < 1.29 is 19.1 Å². The number of amides is 1. The minimum Gasteiger partial charge on any atom is -0.497 e. The standard InChI is InChI=1S/C24H19N3O4/c1-30-15-8-6-13(7-9-15)14-10-19(28)21-20(11-14)31-22(26)17(12-25)24(21)16-4-2-3-5-18(16)27-23(24)29/h2-9,14H,10-11,26H2,1H3,(H,27,29)/t14-,24-/m1/s1. The Bertz CT molecular complexity index is 1240. The summed E-state index contributed by atoms with van der Waals surface area (Å²) in [4.78, 5) is 26.8.